The molecule has 5 nitrogen and oxygen atoms in total. The van der Waals surface area contributed by atoms with Gasteiger partial charge in [0.15, 0.2) is 0 Å². The largest absolute Gasteiger partial charge is 0.497 e. The number of ether oxygens (including phenoxy) is 1. The second-order valence-electron chi connectivity index (χ2n) is 6.19. The van der Waals surface area contributed by atoms with Crippen molar-refractivity contribution in [2.24, 2.45) is 0 Å². The molecule has 0 aliphatic carbocycles. The van der Waals surface area contributed by atoms with Crippen LogP contribution in [0, 0.1) is 0 Å². The van der Waals surface area contributed by atoms with Crippen LogP contribution >= 0.6 is 0 Å². The summed E-state index contributed by atoms with van der Waals surface area (Å²) in [5.41, 5.74) is 1.59. The van der Waals surface area contributed by atoms with Crippen LogP contribution in [0.1, 0.15) is 31.9 Å². The molecule has 1 amide bonds. The van der Waals surface area contributed by atoms with Crippen LogP contribution in [0.3, 0.4) is 0 Å². The number of benzene rings is 2. The Morgan fingerprint density at radius 3 is 2.32 bits per heavy atom. The number of anilines is 1. The first-order valence-electron chi connectivity index (χ1n) is 8.42. The zero-order valence-corrected chi connectivity index (χ0v) is 14.9. The fraction of sp³-hybridized carbons (Fsp3) is 0.350. The number of rotatable bonds is 8. The first kappa shape index (κ1) is 19.0. The van der Waals surface area contributed by atoms with Crippen molar-refractivity contribution in [1.82, 2.24) is 5.32 Å². The molecular formula is C20H26N2O3. The maximum Gasteiger partial charge on any atom is 0.225 e. The molecule has 2 aromatic carbocycles. The summed E-state index contributed by atoms with van der Waals surface area (Å²) in [4.78, 5) is 12.1. The normalized spacial score (nSPS) is 14.4. The number of hydrogen-bond acceptors (Lipinski definition) is 4. The van der Waals surface area contributed by atoms with Gasteiger partial charge in [0.1, 0.15) is 5.75 Å². The van der Waals surface area contributed by atoms with E-state index in [1.807, 2.05) is 68.4 Å². The van der Waals surface area contributed by atoms with Crippen molar-refractivity contribution < 1.29 is 14.6 Å². The van der Waals surface area contributed by atoms with Crippen LogP contribution < -0.4 is 15.4 Å². The molecule has 0 saturated carbocycles. The lowest BCUT2D eigenvalue weighted by molar-refractivity contribution is -0.116. The summed E-state index contributed by atoms with van der Waals surface area (Å²) in [5.74, 6) is 0.694. The molecule has 25 heavy (non-hydrogen) atoms. The van der Waals surface area contributed by atoms with Gasteiger partial charge in [0, 0.05) is 24.2 Å². The molecule has 0 aliphatic rings. The van der Waals surface area contributed by atoms with Gasteiger partial charge in [-0.1, -0.05) is 30.3 Å². The highest BCUT2D eigenvalue weighted by Gasteiger charge is 2.19. The number of methoxy groups -OCH3 is 1. The average Bonchev–Trinajstić information content (AvgIpc) is 2.61. The monoisotopic (exact) mass is 342 g/mol. The summed E-state index contributed by atoms with van der Waals surface area (Å²) in [5, 5.41) is 16.6. The van der Waals surface area contributed by atoms with Crippen molar-refractivity contribution in [2.45, 2.75) is 38.5 Å². The van der Waals surface area contributed by atoms with E-state index in [4.69, 9.17) is 4.74 Å². The van der Waals surface area contributed by atoms with Gasteiger partial charge in [-0.3, -0.25) is 4.79 Å². The number of nitrogens with one attached hydrogen (secondary N) is 2. The lowest BCUT2D eigenvalue weighted by Gasteiger charge is -2.24. The van der Waals surface area contributed by atoms with Crippen LogP contribution in [0.4, 0.5) is 5.69 Å². The van der Waals surface area contributed by atoms with Crippen molar-refractivity contribution in [2.75, 3.05) is 12.4 Å². The molecule has 3 N–H and O–H groups in total. The molecule has 0 spiro atoms. The fourth-order valence-corrected chi connectivity index (χ4v) is 2.70. The Morgan fingerprint density at radius 1 is 1.08 bits per heavy atom. The van der Waals surface area contributed by atoms with Crippen molar-refractivity contribution in [3.05, 3.63) is 60.2 Å². The molecule has 5 heteroatoms. The van der Waals surface area contributed by atoms with Crippen molar-refractivity contribution in [3.63, 3.8) is 0 Å². The third-order valence-corrected chi connectivity index (χ3v) is 4.03. The standard InChI is InChI=1S/C20H26N2O3/c1-14(13-19(23)22-17-7-5-4-6-8-17)21-15(2)20(24)16-9-11-18(25-3)12-10-16/h4-12,14-15,20-21,24H,13H2,1-3H3,(H,22,23). The smallest absolute Gasteiger partial charge is 0.225 e. The molecule has 0 radical (unpaired) electrons. The maximum absolute atomic E-state index is 12.1. The summed E-state index contributed by atoms with van der Waals surface area (Å²) in [6.45, 7) is 3.84. The Hall–Kier alpha value is -2.37. The van der Waals surface area contributed by atoms with Crippen molar-refractivity contribution >= 4 is 11.6 Å². The highest BCUT2D eigenvalue weighted by atomic mass is 16.5. The van der Waals surface area contributed by atoms with E-state index in [2.05, 4.69) is 10.6 Å². The van der Waals surface area contributed by atoms with Gasteiger partial charge < -0.3 is 20.5 Å². The quantitative estimate of drug-likeness (QED) is 0.689. The molecule has 0 fully saturated rings. The number of hydrogen-bond donors (Lipinski definition) is 3. The summed E-state index contributed by atoms with van der Waals surface area (Å²) in [6.07, 6.45) is -0.334. The van der Waals surface area contributed by atoms with Crippen LogP contribution in [0.2, 0.25) is 0 Å². The molecule has 2 rings (SSSR count). The lowest BCUT2D eigenvalue weighted by Crippen LogP contribution is -2.40. The van der Waals surface area contributed by atoms with Gasteiger partial charge >= 0.3 is 0 Å². The van der Waals surface area contributed by atoms with E-state index in [1.54, 1.807) is 7.11 Å². The van der Waals surface area contributed by atoms with Gasteiger partial charge in [-0.05, 0) is 43.7 Å². The highest BCUT2D eigenvalue weighted by Crippen LogP contribution is 2.20. The highest BCUT2D eigenvalue weighted by molar-refractivity contribution is 5.91. The number of carbonyl (C=O) groups is 1. The maximum atomic E-state index is 12.1. The van der Waals surface area contributed by atoms with Gasteiger partial charge in [0.2, 0.25) is 5.91 Å². The van der Waals surface area contributed by atoms with Crippen molar-refractivity contribution in [1.29, 1.82) is 0 Å². The Morgan fingerprint density at radius 2 is 1.72 bits per heavy atom. The molecule has 3 unspecified atom stereocenters. The molecule has 0 heterocycles. The molecule has 0 saturated heterocycles. The first-order valence-corrected chi connectivity index (χ1v) is 8.42. The van der Waals surface area contributed by atoms with E-state index in [0.29, 0.717) is 6.42 Å². The molecule has 3 atom stereocenters. The second kappa shape index (κ2) is 9.20. The molecule has 0 aliphatic heterocycles. The number of carbonyl (C=O) groups excluding carboxylic acids is 1. The van der Waals surface area contributed by atoms with E-state index in [1.165, 1.54) is 0 Å². The molecular weight excluding hydrogens is 316 g/mol. The molecule has 2 aromatic rings. The van der Waals surface area contributed by atoms with Gasteiger partial charge in [-0.25, -0.2) is 0 Å². The van der Waals surface area contributed by atoms with E-state index in [0.717, 1.165) is 17.0 Å². The molecule has 134 valence electrons. The Balaban J connectivity index is 1.83. The summed E-state index contributed by atoms with van der Waals surface area (Å²) in [7, 11) is 1.61. The summed E-state index contributed by atoms with van der Waals surface area (Å²) >= 11 is 0. The average molecular weight is 342 g/mol. The topological polar surface area (TPSA) is 70.6 Å². The Labute approximate surface area is 149 Å². The number of amides is 1. The van der Waals surface area contributed by atoms with Gasteiger partial charge in [-0.2, -0.15) is 0 Å². The second-order valence-corrected chi connectivity index (χ2v) is 6.19. The SMILES string of the molecule is COc1ccc(C(O)C(C)NC(C)CC(=O)Nc2ccccc2)cc1. The molecule has 0 aromatic heterocycles. The summed E-state index contributed by atoms with van der Waals surface area (Å²) < 4.78 is 5.12. The predicted octanol–water partition coefficient (Wildman–Crippen LogP) is 3.12. The van der Waals surface area contributed by atoms with E-state index < -0.39 is 6.10 Å². The predicted molar refractivity (Wildman–Crippen MR) is 99.7 cm³/mol. The fourth-order valence-electron chi connectivity index (χ4n) is 2.70. The van der Waals surface area contributed by atoms with Crippen LogP contribution in [0.15, 0.2) is 54.6 Å². The zero-order chi connectivity index (χ0) is 18.2. The van der Waals surface area contributed by atoms with Crippen LogP contribution in [-0.4, -0.2) is 30.2 Å². The van der Waals surface area contributed by atoms with Crippen LogP contribution in [0.25, 0.3) is 0 Å². The van der Waals surface area contributed by atoms with Crippen LogP contribution in [-0.2, 0) is 4.79 Å². The van der Waals surface area contributed by atoms with Crippen molar-refractivity contribution in [3.8, 4) is 5.75 Å². The zero-order valence-electron chi connectivity index (χ0n) is 14.9. The van der Waals surface area contributed by atoms with E-state index in [9.17, 15) is 9.90 Å². The minimum atomic E-state index is -0.662. The van der Waals surface area contributed by atoms with Gasteiger partial charge in [0.05, 0.1) is 13.2 Å². The lowest BCUT2D eigenvalue weighted by atomic mass is 10.0. The first-order chi connectivity index (χ1) is 12.0. The minimum absolute atomic E-state index is 0.0580. The third kappa shape index (κ3) is 5.89. The molecule has 0 bridgehead atoms. The van der Waals surface area contributed by atoms with Gasteiger partial charge in [0.25, 0.3) is 0 Å². The number of para-hydroxylation sites is 1. The third-order valence-electron chi connectivity index (χ3n) is 4.03. The number of aliphatic hydroxyl groups excluding tert-OH is 1. The summed E-state index contributed by atoms with van der Waals surface area (Å²) in [6, 6.07) is 16.4. The van der Waals surface area contributed by atoms with Gasteiger partial charge in [-0.15, -0.1) is 0 Å². The Bertz CT molecular complexity index is 658. The number of aliphatic hydroxyl groups is 1. The van der Waals surface area contributed by atoms with E-state index in [-0.39, 0.29) is 18.0 Å². The Kier molecular flexibility index (Phi) is 6.98. The van der Waals surface area contributed by atoms with Crippen LogP contribution in [0.5, 0.6) is 5.75 Å². The van der Waals surface area contributed by atoms with E-state index >= 15 is 0 Å². The minimum Gasteiger partial charge on any atom is -0.497 e.